The molecule has 1 rings (SSSR count). The van der Waals surface area contributed by atoms with E-state index in [2.05, 4.69) is 36.7 Å². The first-order chi connectivity index (χ1) is 7.93. The zero-order chi connectivity index (χ0) is 11.5. The second-order valence-corrected chi connectivity index (χ2v) is 3.43. The Kier molecular flexibility index (Phi) is 6.37. The van der Waals surface area contributed by atoms with Crippen LogP contribution in [0.25, 0.3) is 0 Å². The molecule has 0 aliphatic rings. The van der Waals surface area contributed by atoms with E-state index in [1.54, 1.807) is 0 Å². The lowest BCUT2D eigenvalue weighted by molar-refractivity contribution is 0.815. The molecule has 1 aromatic rings. The lowest BCUT2D eigenvalue weighted by Crippen LogP contribution is -1.69. The van der Waals surface area contributed by atoms with Crippen molar-refractivity contribution in [2.24, 2.45) is 0 Å². The summed E-state index contributed by atoms with van der Waals surface area (Å²) < 4.78 is 0. The highest BCUT2D eigenvalue weighted by atomic mass is 13.8. The van der Waals surface area contributed by atoms with E-state index in [9.17, 15) is 0 Å². The number of benzene rings is 1. The summed E-state index contributed by atoms with van der Waals surface area (Å²) in [4.78, 5) is 0. The van der Waals surface area contributed by atoms with Crippen molar-refractivity contribution in [3.8, 4) is 23.7 Å². The van der Waals surface area contributed by atoms with E-state index in [1.165, 1.54) is 12.8 Å². The Morgan fingerprint density at radius 3 is 2.69 bits per heavy atom. The summed E-state index contributed by atoms with van der Waals surface area (Å²) >= 11 is 0. The second kappa shape index (κ2) is 8.39. The third kappa shape index (κ3) is 5.74. The zero-order valence-electron chi connectivity index (χ0n) is 9.66. The molecule has 80 valence electrons. The van der Waals surface area contributed by atoms with Crippen LogP contribution >= 0.6 is 0 Å². The van der Waals surface area contributed by atoms with Gasteiger partial charge in [0.1, 0.15) is 0 Å². The van der Waals surface area contributed by atoms with Gasteiger partial charge in [0, 0.05) is 5.56 Å². The molecule has 1 aromatic carbocycles. The number of rotatable bonds is 3. The van der Waals surface area contributed by atoms with Crippen molar-refractivity contribution in [1.82, 2.24) is 0 Å². The molecule has 0 N–H and O–H groups in total. The Labute approximate surface area is 98.4 Å². The molecule has 0 saturated carbocycles. The number of allylic oxidation sites excluding steroid dienone is 2. The molecule has 0 aliphatic heterocycles. The van der Waals surface area contributed by atoms with E-state index in [-0.39, 0.29) is 0 Å². The number of hydrogen-bond acceptors (Lipinski definition) is 0. The summed E-state index contributed by atoms with van der Waals surface area (Å²) in [6.07, 6.45) is 7.55. The molecule has 0 aromatic heterocycles. The molecule has 0 bridgehead atoms. The predicted octanol–water partition coefficient (Wildman–Crippen LogP) is 3.79. The van der Waals surface area contributed by atoms with Gasteiger partial charge in [-0.1, -0.05) is 55.9 Å². The summed E-state index contributed by atoms with van der Waals surface area (Å²) in [5.74, 6) is 11.5. The van der Waals surface area contributed by atoms with Crippen LogP contribution in [-0.4, -0.2) is 0 Å². The van der Waals surface area contributed by atoms with Gasteiger partial charge in [-0.3, -0.25) is 0 Å². The fraction of sp³-hybridized carbons (Fsp3) is 0.250. The lowest BCUT2D eigenvalue weighted by Gasteiger charge is -1.84. The van der Waals surface area contributed by atoms with Gasteiger partial charge in [0.05, 0.1) is 0 Å². The minimum absolute atomic E-state index is 1.01. The van der Waals surface area contributed by atoms with Crippen molar-refractivity contribution >= 4 is 0 Å². The Morgan fingerprint density at radius 2 is 1.94 bits per heavy atom. The van der Waals surface area contributed by atoms with Gasteiger partial charge in [-0.05, 0) is 36.5 Å². The van der Waals surface area contributed by atoms with Crippen molar-refractivity contribution < 1.29 is 0 Å². The SMILES string of the molecule is CCCC/C=C\C#CC#Cc1ccccc1. The van der Waals surface area contributed by atoms with Crippen molar-refractivity contribution in [3.63, 3.8) is 0 Å². The van der Waals surface area contributed by atoms with Crippen LogP contribution in [0.15, 0.2) is 42.5 Å². The van der Waals surface area contributed by atoms with E-state index in [0.717, 1.165) is 12.0 Å². The van der Waals surface area contributed by atoms with Gasteiger partial charge in [0.2, 0.25) is 0 Å². The van der Waals surface area contributed by atoms with Crippen LogP contribution in [-0.2, 0) is 0 Å². The molecule has 0 spiro atoms. The minimum Gasteiger partial charge on any atom is -0.0761 e. The van der Waals surface area contributed by atoms with Crippen LogP contribution in [0.4, 0.5) is 0 Å². The first-order valence-corrected chi connectivity index (χ1v) is 5.65. The third-order valence-corrected chi connectivity index (χ3v) is 2.04. The molecule has 16 heavy (non-hydrogen) atoms. The van der Waals surface area contributed by atoms with Gasteiger partial charge in [-0.2, -0.15) is 0 Å². The highest BCUT2D eigenvalue weighted by molar-refractivity contribution is 5.40. The molecule has 0 nitrogen and oxygen atoms in total. The smallest absolute Gasteiger partial charge is 0.0255 e. The summed E-state index contributed by atoms with van der Waals surface area (Å²) in [6, 6.07) is 9.88. The Hall–Kier alpha value is -1.92. The number of unbranched alkanes of at least 4 members (excludes halogenated alkanes) is 2. The molecule has 0 saturated heterocycles. The maximum atomic E-state index is 2.99. The average molecular weight is 208 g/mol. The van der Waals surface area contributed by atoms with Gasteiger partial charge in [0.15, 0.2) is 0 Å². The van der Waals surface area contributed by atoms with Crippen LogP contribution in [0.1, 0.15) is 31.7 Å². The van der Waals surface area contributed by atoms with Gasteiger partial charge < -0.3 is 0 Å². The molecule has 0 heterocycles. The lowest BCUT2D eigenvalue weighted by atomic mass is 10.2. The summed E-state index contributed by atoms with van der Waals surface area (Å²) in [5.41, 5.74) is 1.01. The van der Waals surface area contributed by atoms with Crippen molar-refractivity contribution in [1.29, 1.82) is 0 Å². The van der Waals surface area contributed by atoms with E-state index >= 15 is 0 Å². The fourth-order valence-electron chi connectivity index (χ4n) is 1.17. The normalized spacial score (nSPS) is 9.06. The highest BCUT2D eigenvalue weighted by Crippen LogP contribution is 1.94. The molecular formula is C16H16. The van der Waals surface area contributed by atoms with Crippen LogP contribution in [0.5, 0.6) is 0 Å². The van der Waals surface area contributed by atoms with Gasteiger partial charge >= 0.3 is 0 Å². The molecular weight excluding hydrogens is 192 g/mol. The molecule has 0 heteroatoms. The average Bonchev–Trinajstić information content (AvgIpc) is 2.34. The van der Waals surface area contributed by atoms with E-state index < -0.39 is 0 Å². The third-order valence-electron chi connectivity index (χ3n) is 2.04. The van der Waals surface area contributed by atoms with E-state index in [1.807, 2.05) is 36.4 Å². The summed E-state index contributed by atoms with van der Waals surface area (Å²) in [6.45, 7) is 2.19. The fourth-order valence-corrected chi connectivity index (χ4v) is 1.17. The van der Waals surface area contributed by atoms with Crippen LogP contribution < -0.4 is 0 Å². The first kappa shape index (κ1) is 12.2. The van der Waals surface area contributed by atoms with Crippen molar-refractivity contribution in [2.75, 3.05) is 0 Å². The molecule has 0 fully saturated rings. The topological polar surface area (TPSA) is 0 Å². The molecule has 0 atom stereocenters. The molecule has 0 radical (unpaired) electrons. The Bertz CT molecular complexity index is 430. The largest absolute Gasteiger partial charge is 0.0761 e. The maximum Gasteiger partial charge on any atom is 0.0255 e. The Balaban J connectivity index is 2.37. The minimum atomic E-state index is 1.01. The van der Waals surface area contributed by atoms with Gasteiger partial charge in [-0.15, -0.1) is 0 Å². The quantitative estimate of drug-likeness (QED) is 0.523. The maximum absolute atomic E-state index is 2.99. The molecule has 0 amide bonds. The van der Waals surface area contributed by atoms with Gasteiger partial charge in [-0.25, -0.2) is 0 Å². The Morgan fingerprint density at radius 1 is 1.12 bits per heavy atom. The first-order valence-electron chi connectivity index (χ1n) is 5.65. The van der Waals surface area contributed by atoms with Crippen LogP contribution in [0.3, 0.4) is 0 Å². The monoisotopic (exact) mass is 208 g/mol. The number of hydrogen-bond donors (Lipinski definition) is 0. The summed E-state index contributed by atoms with van der Waals surface area (Å²) in [7, 11) is 0. The zero-order valence-corrected chi connectivity index (χ0v) is 9.66. The predicted molar refractivity (Wildman–Crippen MR) is 69.8 cm³/mol. The molecule has 0 unspecified atom stereocenters. The van der Waals surface area contributed by atoms with Gasteiger partial charge in [0.25, 0.3) is 0 Å². The summed E-state index contributed by atoms with van der Waals surface area (Å²) in [5, 5.41) is 0. The van der Waals surface area contributed by atoms with Crippen molar-refractivity contribution in [2.45, 2.75) is 26.2 Å². The van der Waals surface area contributed by atoms with Crippen molar-refractivity contribution in [3.05, 3.63) is 48.0 Å². The van der Waals surface area contributed by atoms with E-state index in [4.69, 9.17) is 0 Å². The molecule has 0 aliphatic carbocycles. The highest BCUT2D eigenvalue weighted by Gasteiger charge is 1.78. The van der Waals surface area contributed by atoms with E-state index in [0.29, 0.717) is 0 Å². The van der Waals surface area contributed by atoms with Crippen LogP contribution in [0, 0.1) is 23.7 Å². The van der Waals surface area contributed by atoms with Crippen LogP contribution in [0.2, 0.25) is 0 Å². The standard InChI is InChI=1S/C16H16/c1-2-3-4-5-6-7-8-10-13-16-14-11-9-12-15-16/h5-6,9,11-12,14-15H,2-4H2,1H3/b6-5-. The second-order valence-electron chi connectivity index (χ2n) is 3.43.